The van der Waals surface area contributed by atoms with Crippen LogP contribution in [0.25, 0.3) is 22.2 Å². The van der Waals surface area contributed by atoms with Crippen LogP contribution in [0, 0.1) is 28.6 Å². The van der Waals surface area contributed by atoms with Gasteiger partial charge in [0, 0.05) is 12.1 Å². The summed E-state index contributed by atoms with van der Waals surface area (Å²) in [6, 6.07) is 11.7. The van der Waals surface area contributed by atoms with Gasteiger partial charge in [0.1, 0.15) is 23.4 Å². The molecule has 1 unspecified atom stereocenters. The van der Waals surface area contributed by atoms with E-state index < -0.39 is 5.82 Å². The summed E-state index contributed by atoms with van der Waals surface area (Å²) in [4.78, 5) is 6.17. The average Bonchev–Trinajstić information content (AvgIpc) is 3.27. The highest BCUT2D eigenvalue weighted by Crippen LogP contribution is 2.34. The second-order valence-corrected chi connectivity index (χ2v) is 5.96. The van der Waals surface area contributed by atoms with E-state index in [9.17, 15) is 9.65 Å². The fraction of sp³-hybridized carbons (Fsp3) is 0.211. The Labute approximate surface area is 143 Å². The molecule has 2 aromatic carbocycles. The summed E-state index contributed by atoms with van der Waals surface area (Å²) in [5.74, 6) is -0.0306. The fourth-order valence-electron chi connectivity index (χ4n) is 3.24. The van der Waals surface area contributed by atoms with E-state index in [2.05, 4.69) is 11.2 Å². The molecule has 0 saturated carbocycles. The minimum atomic E-state index is -0.542. The van der Waals surface area contributed by atoms with Gasteiger partial charge in [0.25, 0.3) is 0 Å². The number of oxazole rings is 1. The molecular weight excluding hydrogens is 319 g/mol. The van der Waals surface area contributed by atoms with Crippen LogP contribution in [-0.2, 0) is 0 Å². The van der Waals surface area contributed by atoms with Crippen LogP contribution in [-0.4, -0.2) is 16.4 Å². The molecule has 1 aliphatic heterocycles. The van der Waals surface area contributed by atoms with Crippen molar-refractivity contribution in [1.29, 1.82) is 10.5 Å². The van der Waals surface area contributed by atoms with Gasteiger partial charge in [-0.25, -0.2) is 9.37 Å². The van der Waals surface area contributed by atoms with Crippen molar-refractivity contribution in [2.45, 2.75) is 18.9 Å². The smallest absolute Gasteiger partial charge is 0.218 e. The van der Waals surface area contributed by atoms with Crippen molar-refractivity contribution in [3.05, 3.63) is 53.7 Å². The normalized spacial score (nSPS) is 16.8. The monoisotopic (exact) mass is 332 g/mol. The molecule has 2 heterocycles. The molecule has 0 amide bonds. The number of likely N-dealkylation sites (tertiary alicyclic amines) is 1. The number of benzene rings is 2. The molecule has 0 N–H and O–H groups in total. The summed E-state index contributed by atoms with van der Waals surface area (Å²) in [5, 5.41) is 18.2. The lowest BCUT2D eigenvalue weighted by Gasteiger charge is -2.13. The molecule has 25 heavy (non-hydrogen) atoms. The Morgan fingerprint density at radius 3 is 2.92 bits per heavy atom. The Morgan fingerprint density at radius 2 is 2.12 bits per heavy atom. The van der Waals surface area contributed by atoms with Gasteiger partial charge >= 0.3 is 0 Å². The van der Waals surface area contributed by atoms with E-state index in [1.165, 1.54) is 6.07 Å². The first-order valence-electron chi connectivity index (χ1n) is 7.97. The number of hydrogen-bond acceptors (Lipinski definition) is 5. The average molecular weight is 332 g/mol. The Balaban J connectivity index is 1.77. The Bertz CT molecular complexity index is 1040. The summed E-state index contributed by atoms with van der Waals surface area (Å²) >= 11 is 0. The number of fused-ring (bicyclic) bond motifs is 1. The highest BCUT2D eigenvalue weighted by atomic mass is 19.1. The molecule has 1 aromatic heterocycles. The maximum absolute atomic E-state index is 14.4. The molecule has 3 aromatic rings. The summed E-state index contributed by atoms with van der Waals surface area (Å²) in [5.41, 5.74) is 2.20. The first kappa shape index (κ1) is 15.2. The zero-order valence-electron chi connectivity index (χ0n) is 13.2. The van der Waals surface area contributed by atoms with Crippen LogP contribution in [0.3, 0.4) is 0 Å². The molecule has 1 atom stereocenters. The third kappa shape index (κ3) is 2.49. The summed E-state index contributed by atoms with van der Waals surface area (Å²) in [6.45, 7) is 0.706. The molecular formula is C19H13FN4O. The van der Waals surface area contributed by atoms with Crippen LogP contribution in [0.4, 0.5) is 4.39 Å². The number of nitrogens with zero attached hydrogens (tertiary/aromatic N) is 4. The predicted octanol–water partition coefficient (Wildman–Crippen LogP) is 4.12. The Kier molecular flexibility index (Phi) is 3.59. The molecule has 1 fully saturated rings. The Hall–Kier alpha value is -3.38. The predicted molar refractivity (Wildman–Crippen MR) is 88.4 cm³/mol. The second-order valence-electron chi connectivity index (χ2n) is 5.96. The van der Waals surface area contributed by atoms with Gasteiger partial charge < -0.3 is 4.42 Å². The maximum atomic E-state index is 14.4. The molecule has 122 valence electrons. The van der Waals surface area contributed by atoms with Crippen LogP contribution in [0.1, 0.15) is 30.3 Å². The second kappa shape index (κ2) is 5.92. The number of hydrogen-bond donors (Lipinski definition) is 0. The van der Waals surface area contributed by atoms with Crippen molar-refractivity contribution < 1.29 is 8.81 Å². The molecule has 1 saturated heterocycles. The van der Waals surface area contributed by atoms with Gasteiger partial charge in [-0.15, -0.1) is 0 Å². The van der Waals surface area contributed by atoms with E-state index in [0.717, 1.165) is 12.8 Å². The maximum Gasteiger partial charge on any atom is 0.218 e. The zero-order chi connectivity index (χ0) is 17.4. The molecule has 0 aliphatic carbocycles. The van der Waals surface area contributed by atoms with Crippen molar-refractivity contribution in [3.8, 4) is 23.4 Å². The van der Waals surface area contributed by atoms with Crippen molar-refractivity contribution >= 4 is 11.1 Å². The first-order valence-corrected chi connectivity index (χ1v) is 7.97. The van der Waals surface area contributed by atoms with Gasteiger partial charge in [-0.1, -0.05) is 18.2 Å². The molecule has 5 nitrogen and oxygen atoms in total. The quantitative estimate of drug-likeness (QED) is 0.660. The minimum absolute atomic E-state index is 0.00839. The summed E-state index contributed by atoms with van der Waals surface area (Å²) in [6.07, 6.45) is 3.92. The van der Waals surface area contributed by atoms with Crippen molar-refractivity contribution in [3.63, 3.8) is 0 Å². The number of rotatable bonds is 2. The van der Waals surface area contributed by atoms with E-state index in [1.807, 2.05) is 6.07 Å². The van der Waals surface area contributed by atoms with E-state index in [-0.39, 0.29) is 11.6 Å². The third-order valence-electron chi connectivity index (χ3n) is 4.50. The van der Waals surface area contributed by atoms with Gasteiger partial charge in [-0.05, 0) is 36.6 Å². The number of aromatic nitrogens is 1. The lowest BCUT2D eigenvalue weighted by atomic mass is 10.0. The standard InChI is InChI=1S/C19H13FN4O/c20-18-13(10-21)3-1-4-14(18)12-6-7-17-15(9-12)23-19(25-17)16-5-2-8-24(16)11-22/h1,3-4,6-7,9,16H,2,5,8H2. The van der Waals surface area contributed by atoms with Crippen LogP contribution in [0.15, 0.2) is 40.8 Å². The van der Waals surface area contributed by atoms with Gasteiger partial charge in [-0.3, -0.25) is 4.90 Å². The van der Waals surface area contributed by atoms with Crippen molar-refractivity contribution in [2.75, 3.05) is 6.54 Å². The number of halogens is 1. The largest absolute Gasteiger partial charge is 0.438 e. The summed E-state index contributed by atoms with van der Waals surface area (Å²) < 4.78 is 20.2. The Morgan fingerprint density at radius 1 is 1.24 bits per heavy atom. The first-order chi connectivity index (χ1) is 12.2. The van der Waals surface area contributed by atoms with E-state index >= 15 is 0 Å². The highest BCUT2D eigenvalue weighted by molar-refractivity contribution is 5.81. The third-order valence-corrected chi connectivity index (χ3v) is 4.50. The van der Waals surface area contributed by atoms with Gasteiger partial charge in [-0.2, -0.15) is 10.5 Å². The number of nitriles is 2. The van der Waals surface area contributed by atoms with Gasteiger partial charge in [0.05, 0.1) is 5.56 Å². The molecule has 4 rings (SSSR count). The van der Waals surface area contributed by atoms with E-state index in [1.54, 1.807) is 35.2 Å². The lowest BCUT2D eigenvalue weighted by molar-refractivity contribution is 0.314. The molecule has 0 radical (unpaired) electrons. The fourth-order valence-corrected chi connectivity index (χ4v) is 3.24. The van der Waals surface area contributed by atoms with E-state index in [4.69, 9.17) is 9.68 Å². The molecule has 1 aliphatic rings. The molecule has 0 bridgehead atoms. The minimum Gasteiger partial charge on any atom is -0.438 e. The van der Waals surface area contributed by atoms with Crippen LogP contribution in [0.5, 0.6) is 0 Å². The van der Waals surface area contributed by atoms with Gasteiger partial charge in [0.15, 0.2) is 11.8 Å². The van der Waals surface area contributed by atoms with Crippen LogP contribution in [0.2, 0.25) is 0 Å². The lowest BCUT2D eigenvalue weighted by Crippen LogP contribution is -2.17. The van der Waals surface area contributed by atoms with Crippen molar-refractivity contribution in [1.82, 2.24) is 9.88 Å². The topological polar surface area (TPSA) is 76.8 Å². The molecule has 6 heteroatoms. The van der Waals surface area contributed by atoms with Crippen molar-refractivity contribution in [2.24, 2.45) is 0 Å². The van der Waals surface area contributed by atoms with E-state index in [0.29, 0.717) is 34.7 Å². The van der Waals surface area contributed by atoms with Crippen LogP contribution < -0.4 is 0 Å². The highest BCUT2D eigenvalue weighted by Gasteiger charge is 2.29. The van der Waals surface area contributed by atoms with Gasteiger partial charge in [0.2, 0.25) is 5.89 Å². The zero-order valence-corrected chi connectivity index (χ0v) is 13.2. The SMILES string of the molecule is N#Cc1cccc(-c2ccc3oc(C4CCCN4C#N)nc3c2)c1F. The summed E-state index contributed by atoms with van der Waals surface area (Å²) in [7, 11) is 0. The van der Waals surface area contributed by atoms with Crippen LogP contribution >= 0.6 is 0 Å². The molecule has 0 spiro atoms.